The second-order valence-electron chi connectivity index (χ2n) is 4.87. The van der Waals surface area contributed by atoms with Gasteiger partial charge in [-0.25, -0.2) is 0 Å². The first-order valence-corrected chi connectivity index (χ1v) is 6.49. The van der Waals surface area contributed by atoms with E-state index in [-0.39, 0.29) is 18.1 Å². The maximum Gasteiger partial charge on any atom is 0.308 e. The average Bonchev–Trinajstić information content (AvgIpc) is 2.96. The van der Waals surface area contributed by atoms with E-state index in [0.717, 1.165) is 5.56 Å². The van der Waals surface area contributed by atoms with Crippen LogP contribution in [0.25, 0.3) is 11.3 Å². The Morgan fingerprint density at radius 2 is 2.00 bits per heavy atom. The quantitative estimate of drug-likeness (QED) is 0.911. The number of nitrogens with zero attached hydrogens (tertiary/aromatic N) is 2. The normalized spacial score (nSPS) is 11.9. The zero-order valence-electron chi connectivity index (χ0n) is 11.8. The lowest BCUT2D eigenvalue weighted by atomic mass is 10.1. The van der Waals surface area contributed by atoms with Gasteiger partial charge >= 0.3 is 5.97 Å². The number of amides is 1. The first-order valence-electron chi connectivity index (χ1n) is 6.49. The molecule has 1 aromatic carbocycles. The monoisotopic (exact) mass is 288 g/mol. The minimum Gasteiger partial charge on any atom is -0.481 e. The van der Waals surface area contributed by atoms with Gasteiger partial charge in [-0.2, -0.15) is 0 Å². The third kappa shape index (κ3) is 3.47. The number of carbonyl (C=O) groups is 2. The summed E-state index contributed by atoms with van der Waals surface area (Å²) in [4.78, 5) is 24.3. The molecule has 1 N–H and O–H groups in total. The Hall–Kier alpha value is -2.63. The SMILES string of the molecule is CC(CN(C)C(=O)c1cc(-c2ccccc2)on1)C(=O)O. The van der Waals surface area contributed by atoms with Gasteiger partial charge in [-0.1, -0.05) is 42.4 Å². The summed E-state index contributed by atoms with van der Waals surface area (Å²) >= 11 is 0. The van der Waals surface area contributed by atoms with E-state index in [1.54, 1.807) is 20.0 Å². The van der Waals surface area contributed by atoms with Crippen LogP contribution in [0.2, 0.25) is 0 Å². The van der Waals surface area contributed by atoms with Crippen molar-refractivity contribution in [3.8, 4) is 11.3 Å². The van der Waals surface area contributed by atoms with Crippen LogP contribution in [0.3, 0.4) is 0 Å². The van der Waals surface area contributed by atoms with Gasteiger partial charge in [0.2, 0.25) is 0 Å². The summed E-state index contributed by atoms with van der Waals surface area (Å²) in [5.41, 5.74) is 0.986. The van der Waals surface area contributed by atoms with E-state index in [1.165, 1.54) is 4.90 Å². The highest BCUT2D eigenvalue weighted by molar-refractivity contribution is 5.93. The van der Waals surface area contributed by atoms with Crippen LogP contribution in [0.4, 0.5) is 0 Å². The lowest BCUT2D eigenvalue weighted by Gasteiger charge is -2.17. The van der Waals surface area contributed by atoms with Crippen LogP contribution >= 0.6 is 0 Å². The molecule has 2 rings (SSSR count). The van der Waals surface area contributed by atoms with Crippen LogP contribution < -0.4 is 0 Å². The molecule has 110 valence electrons. The molecular weight excluding hydrogens is 272 g/mol. The largest absolute Gasteiger partial charge is 0.481 e. The number of carboxylic acids is 1. The summed E-state index contributed by atoms with van der Waals surface area (Å²) in [6.07, 6.45) is 0. The molecule has 0 fully saturated rings. The molecular formula is C15H16N2O4. The van der Waals surface area contributed by atoms with E-state index in [4.69, 9.17) is 9.63 Å². The van der Waals surface area contributed by atoms with Gasteiger partial charge in [0.25, 0.3) is 5.91 Å². The third-order valence-electron chi connectivity index (χ3n) is 3.10. The second kappa shape index (κ2) is 6.21. The number of aliphatic carboxylic acids is 1. The molecule has 6 heteroatoms. The highest BCUT2D eigenvalue weighted by atomic mass is 16.5. The summed E-state index contributed by atoms with van der Waals surface area (Å²) in [6, 6.07) is 10.9. The van der Waals surface area contributed by atoms with E-state index in [2.05, 4.69) is 5.16 Å². The van der Waals surface area contributed by atoms with Gasteiger partial charge < -0.3 is 14.5 Å². The minimum atomic E-state index is -0.945. The number of rotatable bonds is 5. The summed E-state index contributed by atoms with van der Waals surface area (Å²) in [5, 5.41) is 12.6. The summed E-state index contributed by atoms with van der Waals surface area (Å²) in [6.45, 7) is 1.66. The molecule has 0 saturated carbocycles. The number of carboxylic acid groups (broad SMARTS) is 1. The standard InChI is InChI=1S/C15H16N2O4/c1-10(15(19)20)9-17(2)14(18)12-8-13(21-16-12)11-6-4-3-5-7-11/h3-8,10H,9H2,1-2H3,(H,19,20). The van der Waals surface area contributed by atoms with E-state index < -0.39 is 11.9 Å². The zero-order valence-corrected chi connectivity index (χ0v) is 11.8. The van der Waals surface area contributed by atoms with Crippen molar-refractivity contribution in [3.05, 3.63) is 42.1 Å². The molecule has 1 atom stereocenters. The fraction of sp³-hybridized carbons (Fsp3) is 0.267. The predicted molar refractivity (Wildman–Crippen MR) is 75.7 cm³/mol. The topological polar surface area (TPSA) is 83.6 Å². The molecule has 21 heavy (non-hydrogen) atoms. The Labute approximate surface area is 122 Å². The first-order chi connectivity index (χ1) is 9.99. The van der Waals surface area contributed by atoms with Crippen molar-refractivity contribution < 1.29 is 19.2 Å². The van der Waals surface area contributed by atoms with E-state index in [0.29, 0.717) is 5.76 Å². The van der Waals surface area contributed by atoms with E-state index in [1.807, 2.05) is 30.3 Å². The number of carbonyl (C=O) groups excluding carboxylic acids is 1. The van der Waals surface area contributed by atoms with Gasteiger partial charge in [0.15, 0.2) is 11.5 Å². The maximum absolute atomic E-state index is 12.2. The molecule has 0 radical (unpaired) electrons. The molecule has 6 nitrogen and oxygen atoms in total. The Morgan fingerprint density at radius 1 is 1.33 bits per heavy atom. The molecule has 0 aliphatic heterocycles. The molecule has 1 unspecified atom stereocenters. The van der Waals surface area contributed by atoms with Crippen LogP contribution in [-0.4, -0.2) is 40.6 Å². The van der Waals surface area contributed by atoms with Crippen LogP contribution in [0.15, 0.2) is 40.9 Å². The Bertz CT molecular complexity index is 636. The van der Waals surface area contributed by atoms with Crippen molar-refractivity contribution in [1.29, 1.82) is 0 Å². The van der Waals surface area contributed by atoms with Gasteiger partial charge in [0, 0.05) is 25.2 Å². The highest BCUT2D eigenvalue weighted by Gasteiger charge is 2.21. The van der Waals surface area contributed by atoms with E-state index >= 15 is 0 Å². The van der Waals surface area contributed by atoms with E-state index in [9.17, 15) is 9.59 Å². The van der Waals surface area contributed by atoms with Gasteiger partial charge in [-0.05, 0) is 0 Å². The van der Waals surface area contributed by atoms with Gasteiger partial charge in [-0.3, -0.25) is 9.59 Å². The number of aromatic nitrogens is 1. The van der Waals surface area contributed by atoms with Crippen LogP contribution in [-0.2, 0) is 4.79 Å². The number of hydrogen-bond acceptors (Lipinski definition) is 4. The smallest absolute Gasteiger partial charge is 0.308 e. The summed E-state index contributed by atoms with van der Waals surface area (Å²) < 4.78 is 5.16. The second-order valence-corrected chi connectivity index (χ2v) is 4.87. The molecule has 0 bridgehead atoms. The van der Waals surface area contributed by atoms with Gasteiger partial charge in [-0.15, -0.1) is 0 Å². The molecule has 1 amide bonds. The fourth-order valence-corrected chi connectivity index (χ4v) is 1.88. The van der Waals surface area contributed by atoms with Crippen molar-refractivity contribution in [2.24, 2.45) is 5.92 Å². The van der Waals surface area contributed by atoms with Crippen molar-refractivity contribution in [3.63, 3.8) is 0 Å². The molecule has 2 aromatic rings. The van der Waals surface area contributed by atoms with Crippen LogP contribution in [0.5, 0.6) is 0 Å². The molecule has 1 heterocycles. The Morgan fingerprint density at radius 3 is 2.62 bits per heavy atom. The predicted octanol–water partition coefficient (Wildman–Crippen LogP) is 2.13. The van der Waals surface area contributed by atoms with Crippen molar-refractivity contribution >= 4 is 11.9 Å². The van der Waals surface area contributed by atoms with Crippen molar-refractivity contribution in [1.82, 2.24) is 10.1 Å². The van der Waals surface area contributed by atoms with Crippen LogP contribution in [0, 0.1) is 5.92 Å². The molecule has 0 spiro atoms. The average molecular weight is 288 g/mol. The Kier molecular flexibility index (Phi) is 4.37. The zero-order chi connectivity index (χ0) is 15.4. The number of hydrogen-bond donors (Lipinski definition) is 1. The Balaban J connectivity index is 2.10. The lowest BCUT2D eigenvalue weighted by Crippen LogP contribution is -2.33. The van der Waals surface area contributed by atoms with Crippen molar-refractivity contribution in [2.45, 2.75) is 6.92 Å². The lowest BCUT2D eigenvalue weighted by molar-refractivity contribution is -0.141. The van der Waals surface area contributed by atoms with Gasteiger partial charge in [0.1, 0.15) is 0 Å². The molecule has 1 aromatic heterocycles. The van der Waals surface area contributed by atoms with Crippen LogP contribution in [0.1, 0.15) is 17.4 Å². The molecule has 0 aliphatic carbocycles. The minimum absolute atomic E-state index is 0.113. The van der Waals surface area contributed by atoms with Crippen molar-refractivity contribution in [2.75, 3.05) is 13.6 Å². The van der Waals surface area contributed by atoms with Gasteiger partial charge in [0.05, 0.1) is 5.92 Å². The summed E-state index contributed by atoms with van der Waals surface area (Å²) in [7, 11) is 1.54. The first kappa shape index (κ1) is 14.8. The highest BCUT2D eigenvalue weighted by Crippen LogP contribution is 2.20. The number of benzene rings is 1. The molecule has 0 saturated heterocycles. The summed E-state index contributed by atoms with van der Waals surface area (Å²) in [5.74, 6) is -1.45. The third-order valence-corrected chi connectivity index (χ3v) is 3.10. The fourth-order valence-electron chi connectivity index (χ4n) is 1.88. The maximum atomic E-state index is 12.2. The molecule has 0 aliphatic rings.